The maximum absolute atomic E-state index is 11.8. The molecule has 0 amide bonds. The molecule has 1 heterocycles. The normalized spacial score (nSPS) is 31.0. The fourth-order valence-corrected chi connectivity index (χ4v) is 1.94. The third-order valence-corrected chi connectivity index (χ3v) is 3.06. The number of benzene rings is 1. The number of aliphatic hydroxyl groups excluding tert-OH is 4. The zero-order valence-corrected chi connectivity index (χ0v) is 10.5. The molecule has 0 saturated carbocycles. The molecular weight excluding hydrogens is 268 g/mol. The molecule has 1 fully saturated rings. The second-order valence-corrected chi connectivity index (χ2v) is 4.47. The van der Waals surface area contributed by atoms with Crippen molar-refractivity contribution < 1.29 is 34.7 Å². The van der Waals surface area contributed by atoms with Gasteiger partial charge in [-0.3, -0.25) is 0 Å². The molecule has 0 aliphatic carbocycles. The van der Waals surface area contributed by atoms with Crippen LogP contribution in [0.1, 0.15) is 10.4 Å². The van der Waals surface area contributed by atoms with Gasteiger partial charge in [0.05, 0.1) is 12.2 Å². The zero-order valence-electron chi connectivity index (χ0n) is 10.5. The lowest BCUT2D eigenvalue weighted by Gasteiger charge is -2.18. The van der Waals surface area contributed by atoms with E-state index >= 15 is 0 Å². The Hall–Kier alpha value is -1.51. The van der Waals surface area contributed by atoms with Crippen LogP contribution in [0.4, 0.5) is 0 Å². The number of hydrogen-bond acceptors (Lipinski definition) is 7. The highest BCUT2D eigenvalue weighted by Crippen LogP contribution is 2.25. The highest BCUT2D eigenvalue weighted by atomic mass is 16.7. The topological polar surface area (TPSA) is 116 Å². The number of carbonyl (C=O) groups is 1. The van der Waals surface area contributed by atoms with Crippen LogP contribution >= 0.6 is 0 Å². The van der Waals surface area contributed by atoms with Gasteiger partial charge in [-0.15, -0.1) is 0 Å². The molecule has 0 aromatic heterocycles. The van der Waals surface area contributed by atoms with E-state index in [9.17, 15) is 20.1 Å². The highest BCUT2D eigenvalue weighted by molar-refractivity contribution is 5.89. The quantitative estimate of drug-likeness (QED) is 0.505. The number of hydrogen-bond donors (Lipinski definition) is 4. The molecule has 110 valence electrons. The van der Waals surface area contributed by atoms with E-state index in [1.807, 2.05) is 0 Å². The van der Waals surface area contributed by atoms with Crippen molar-refractivity contribution in [2.24, 2.45) is 0 Å². The number of aliphatic hydroxyl groups is 4. The summed E-state index contributed by atoms with van der Waals surface area (Å²) in [5, 5.41) is 37.6. The Balaban J connectivity index is 2.02. The predicted octanol–water partition coefficient (Wildman–Crippen LogP) is -1.36. The van der Waals surface area contributed by atoms with Gasteiger partial charge in [-0.25, -0.2) is 4.79 Å². The van der Waals surface area contributed by atoms with E-state index in [0.29, 0.717) is 0 Å². The van der Waals surface area contributed by atoms with Crippen LogP contribution in [0.3, 0.4) is 0 Å². The minimum Gasteiger partial charge on any atom is -0.429 e. The summed E-state index contributed by atoms with van der Waals surface area (Å²) in [6.45, 7) is -0.645. The van der Waals surface area contributed by atoms with Gasteiger partial charge in [0.15, 0.2) is 0 Å². The molecule has 7 heteroatoms. The van der Waals surface area contributed by atoms with Crippen LogP contribution in [0, 0.1) is 0 Å². The molecule has 0 spiro atoms. The van der Waals surface area contributed by atoms with Crippen molar-refractivity contribution in [2.45, 2.75) is 30.7 Å². The summed E-state index contributed by atoms with van der Waals surface area (Å²) in [5.74, 6) is -0.721. The number of ether oxygens (including phenoxy) is 2. The average Bonchev–Trinajstić information content (AvgIpc) is 2.76. The molecular formula is C13H16O7. The molecule has 0 radical (unpaired) electrons. The molecule has 5 atom stereocenters. The fraction of sp³-hybridized carbons (Fsp3) is 0.462. The molecule has 1 unspecified atom stereocenters. The van der Waals surface area contributed by atoms with Crippen LogP contribution < -0.4 is 0 Å². The van der Waals surface area contributed by atoms with Crippen LogP contribution in [0.2, 0.25) is 0 Å². The van der Waals surface area contributed by atoms with E-state index in [0.717, 1.165) is 0 Å². The summed E-state index contributed by atoms with van der Waals surface area (Å²) in [6.07, 6.45) is -6.94. The Morgan fingerprint density at radius 3 is 2.50 bits per heavy atom. The van der Waals surface area contributed by atoms with Gasteiger partial charge >= 0.3 is 5.97 Å². The van der Waals surface area contributed by atoms with E-state index in [-0.39, 0.29) is 5.56 Å². The van der Waals surface area contributed by atoms with Gasteiger partial charge in [0.2, 0.25) is 6.29 Å². The first-order valence-electron chi connectivity index (χ1n) is 6.11. The molecule has 7 nitrogen and oxygen atoms in total. The van der Waals surface area contributed by atoms with Crippen LogP contribution in [0.25, 0.3) is 0 Å². The number of esters is 1. The monoisotopic (exact) mass is 284 g/mol. The highest BCUT2D eigenvalue weighted by Gasteiger charge is 2.47. The van der Waals surface area contributed by atoms with Crippen molar-refractivity contribution in [2.75, 3.05) is 6.61 Å². The second kappa shape index (κ2) is 6.29. The van der Waals surface area contributed by atoms with Gasteiger partial charge in [0.25, 0.3) is 0 Å². The largest absolute Gasteiger partial charge is 0.429 e. The summed E-state index contributed by atoms with van der Waals surface area (Å²) in [6, 6.07) is 8.08. The van der Waals surface area contributed by atoms with Crippen molar-refractivity contribution >= 4 is 5.97 Å². The van der Waals surface area contributed by atoms with Gasteiger partial charge in [-0.2, -0.15) is 0 Å². The predicted molar refractivity (Wildman–Crippen MR) is 65.6 cm³/mol. The molecule has 1 aromatic carbocycles. The number of rotatable bonds is 4. The standard InChI is InChI=1S/C13H16O7/c14-6-8(15)11-9(16)10(17)13(19-11)20-12(18)7-4-2-1-3-5-7/h1-5,8-11,13-17H,6H2/t8-,9-,10-,11-,13?/m0/s1. The third-order valence-electron chi connectivity index (χ3n) is 3.06. The summed E-state index contributed by atoms with van der Waals surface area (Å²) in [7, 11) is 0. The zero-order chi connectivity index (χ0) is 14.7. The number of carbonyl (C=O) groups excluding carboxylic acids is 1. The van der Waals surface area contributed by atoms with Crippen molar-refractivity contribution in [3.05, 3.63) is 35.9 Å². The summed E-state index contributed by atoms with van der Waals surface area (Å²) in [4.78, 5) is 11.8. The second-order valence-electron chi connectivity index (χ2n) is 4.47. The van der Waals surface area contributed by atoms with Crippen LogP contribution in [0.5, 0.6) is 0 Å². The van der Waals surface area contributed by atoms with Crippen molar-refractivity contribution in [3.8, 4) is 0 Å². The van der Waals surface area contributed by atoms with Gasteiger partial charge < -0.3 is 29.9 Å². The Labute approximate surface area is 115 Å². The van der Waals surface area contributed by atoms with E-state index in [2.05, 4.69) is 0 Å². The van der Waals surface area contributed by atoms with E-state index in [4.69, 9.17) is 14.6 Å². The lowest BCUT2D eigenvalue weighted by atomic mass is 10.1. The molecule has 1 aromatic rings. The van der Waals surface area contributed by atoms with Crippen LogP contribution in [-0.2, 0) is 9.47 Å². The first kappa shape index (κ1) is 14.9. The molecule has 20 heavy (non-hydrogen) atoms. The Morgan fingerprint density at radius 1 is 1.25 bits per heavy atom. The molecule has 1 aliphatic rings. The van der Waals surface area contributed by atoms with Crippen molar-refractivity contribution in [3.63, 3.8) is 0 Å². The lowest BCUT2D eigenvalue weighted by Crippen LogP contribution is -2.40. The molecule has 1 saturated heterocycles. The summed E-state index contributed by atoms with van der Waals surface area (Å²) >= 11 is 0. The Kier molecular flexibility index (Phi) is 4.69. The van der Waals surface area contributed by atoms with Gasteiger partial charge in [0.1, 0.15) is 24.4 Å². The Morgan fingerprint density at radius 2 is 1.90 bits per heavy atom. The minimum absolute atomic E-state index is 0.268. The van der Waals surface area contributed by atoms with Crippen LogP contribution in [-0.4, -0.2) is 63.7 Å². The molecule has 0 bridgehead atoms. The SMILES string of the molecule is O=C(OC1O[C@@H]([C@@H](O)CO)[C@@H](O)[C@@H]1O)c1ccccc1. The smallest absolute Gasteiger partial charge is 0.340 e. The van der Waals surface area contributed by atoms with Crippen molar-refractivity contribution in [1.29, 1.82) is 0 Å². The molecule has 1 aliphatic heterocycles. The molecule has 2 rings (SSSR count). The van der Waals surface area contributed by atoms with Crippen LogP contribution in [0.15, 0.2) is 30.3 Å². The maximum atomic E-state index is 11.8. The minimum atomic E-state index is -1.49. The van der Waals surface area contributed by atoms with E-state index in [1.54, 1.807) is 18.2 Å². The maximum Gasteiger partial charge on any atom is 0.340 e. The van der Waals surface area contributed by atoms with Crippen molar-refractivity contribution in [1.82, 2.24) is 0 Å². The van der Waals surface area contributed by atoms with E-state index < -0.39 is 43.3 Å². The van der Waals surface area contributed by atoms with Gasteiger partial charge in [-0.1, -0.05) is 18.2 Å². The first-order valence-corrected chi connectivity index (χ1v) is 6.11. The Bertz CT molecular complexity index is 449. The third kappa shape index (κ3) is 2.97. The summed E-state index contributed by atoms with van der Waals surface area (Å²) < 4.78 is 10.0. The first-order chi connectivity index (χ1) is 9.54. The summed E-state index contributed by atoms with van der Waals surface area (Å²) in [5.41, 5.74) is 0.268. The van der Waals surface area contributed by atoms with Gasteiger partial charge in [-0.05, 0) is 12.1 Å². The fourth-order valence-electron chi connectivity index (χ4n) is 1.94. The molecule has 4 N–H and O–H groups in total. The van der Waals surface area contributed by atoms with E-state index in [1.165, 1.54) is 12.1 Å². The lowest BCUT2D eigenvalue weighted by molar-refractivity contribution is -0.154. The van der Waals surface area contributed by atoms with Gasteiger partial charge in [0, 0.05) is 0 Å². The average molecular weight is 284 g/mol.